The first-order chi connectivity index (χ1) is 15.9. The van der Waals surface area contributed by atoms with Crippen molar-refractivity contribution in [3.8, 4) is 6.07 Å². The van der Waals surface area contributed by atoms with Crippen LogP contribution in [0, 0.1) is 18.3 Å². The molecule has 1 aliphatic heterocycles. The highest BCUT2D eigenvalue weighted by atomic mass is 19.3. The first-order valence-corrected chi connectivity index (χ1v) is 10.3. The summed E-state index contributed by atoms with van der Waals surface area (Å²) in [5, 5.41) is 22.0. The first kappa shape index (κ1) is 23.2. The van der Waals surface area contributed by atoms with Crippen molar-refractivity contribution >= 4 is 28.5 Å². The standard InChI is InChI=1S/C23H19F4N5O2/c1-12-7-15(13(2)29-16-6-4-3-5-14(16)21(33)34)19-17(8-12)30-18(9-28)20(31-19)32-10-22(24,25)23(26,27)11-32/h3-8,13,29H,10-11H2,1-2H3,(H,33,34)/t13-/m1/s1. The molecule has 0 aliphatic carbocycles. The van der Waals surface area contributed by atoms with Crippen LogP contribution in [0.4, 0.5) is 29.1 Å². The van der Waals surface area contributed by atoms with Crippen molar-refractivity contribution in [3.63, 3.8) is 0 Å². The smallest absolute Gasteiger partial charge is 0.337 e. The second kappa shape index (κ2) is 8.13. The Kier molecular flexibility index (Phi) is 5.55. The maximum Gasteiger partial charge on any atom is 0.337 e. The molecular weight excluding hydrogens is 454 g/mol. The number of aromatic nitrogens is 2. The van der Waals surface area contributed by atoms with Crippen molar-refractivity contribution in [1.29, 1.82) is 5.26 Å². The fraction of sp³-hybridized carbons (Fsp3) is 0.304. The number of hydrogen-bond acceptors (Lipinski definition) is 6. The fourth-order valence-electron chi connectivity index (χ4n) is 3.97. The summed E-state index contributed by atoms with van der Waals surface area (Å²) in [5.74, 6) is -10.0. The van der Waals surface area contributed by atoms with Gasteiger partial charge in [-0.1, -0.05) is 18.2 Å². The van der Waals surface area contributed by atoms with Gasteiger partial charge in [0.2, 0.25) is 0 Å². The molecule has 0 saturated carbocycles. The van der Waals surface area contributed by atoms with Gasteiger partial charge in [-0.05, 0) is 37.6 Å². The van der Waals surface area contributed by atoms with Crippen LogP contribution in [0.15, 0.2) is 36.4 Å². The maximum atomic E-state index is 13.8. The molecular formula is C23H19F4N5O2. The van der Waals surface area contributed by atoms with Crippen LogP contribution in [0.1, 0.15) is 40.1 Å². The molecule has 0 bridgehead atoms. The zero-order valence-electron chi connectivity index (χ0n) is 18.1. The van der Waals surface area contributed by atoms with Crippen LogP contribution >= 0.6 is 0 Å². The van der Waals surface area contributed by atoms with Crippen molar-refractivity contribution < 1.29 is 27.5 Å². The molecule has 1 atom stereocenters. The summed E-state index contributed by atoms with van der Waals surface area (Å²) in [7, 11) is 0. The molecule has 1 aromatic heterocycles. The Morgan fingerprint density at radius 2 is 1.82 bits per heavy atom. The highest BCUT2D eigenvalue weighted by molar-refractivity contribution is 5.94. The minimum Gasteiger partial charge on any atom is -0.478 e. The largest absolute Gasteiger partial charge is 0.478 e. The van der Waals surface area contributed by atoms with Crippen LogP contribution in [-0.4, -0.2) is 46.0 Å². The van der Waals surface area contributed by atoms with Crippen LogP contribution in [0.25, 0.3) is 11.0 Å². The molecule has 34 heavy (non-hydrogen) atoms. The van der Waals surface area contributed by atoms with Crippen molar-refractivity contribution in [3.05, 3.63) is 58.8 Å². The number of para-hydroxylation sites is 1. The van der Waals surface area contributed by atoms with Gasteiger partial charge in [0.1, 0.15) is 6.07 Å². The lowest BCUT2D eigenvalue weighted by Gasteiger charge is -2.21. The number of benzene rings is 2. The SMILES string of the molecule is Cc1cc([C@@H](C)Nc2ccccc2C(=O)O)c2nc(N3CC(F)(F)C(F)(F)C3)c(C#N)nc2c1. The Labute approximate surface area is 191 Å². The maximum absolute atomic E-state index is 13.8. The van der Waals surface area contributed by atoms with E-state index in [1.54, 1.807) is 50.2 Å². The number of rotatable bonds is 5. The molecule has 1 saturated heterocycles. The van der Waals surface area contributed by atoms with Gasteiger partial charge >= 0.3 is 17.8 Å². The van der Waals surface area contributed by atoms with Crippen molar-refractivity contribution in [2.24, 2.45) is 0 Å². The highest BCUT2D eigenvalue weighted by Crippen LogP contribution is 2.43. The Balaban J connectivity index is 1.82. The van der Waals surface area contributed by atoms with E-state index in [-0.39, 0.29) is 28.1 Å². The molecule has 7 nitrogen and oxygen atoms in total. The van der Waals surface area contributed by atoms with E-state index in [1.165, 1.54) is 6.07 Å². The van der Waals surface area contributed by atoms with Gasteiger partial charge in [0.05, 0.1) is 35.7 Å². The molecule has 2 aromatic carbocycles. The Bertz CT molecular complexity index is 1320. The topological polar surface area (TPSA) is 102 Å². The summed E-state index contributed by atoms with van der Waals surface area (Å²) in [4.78, 5) is 20.8. The second-order valence-electron chi connectivity index (χ2n) is 8.21. The van der Waals surface area contributed by atoms with Crippen LogP contribution in [-0.2, 0) is 0 Å². The van der Waals surface area contributed by atoms with Gasteiger partial charge in [0, 0.05) is 11.3 Å². The second-order valence-corrected chi connectivity index (χ2v) is 8.21. The van der Waals surface area contributed by atoms with Gasteiger partial charge < -0.3 is 15.3 Å². The quantitative estimate of drug-likeness (QED) is 0.515. The van der Waals surface area contributed by atoms with Gasteiger partial charge in [-0.15, -0.1) is 0 Å². The van der Waals surface area contributed by atoms with E-state index in [0.717, 1.165) is 5.56 Å². The number of carbonyl (C=O) groups is 1. The van der Waals surface area contributed by atoms with Crippen molar-refractivity contribution in [2.45, 2.75) is 31.7 Å². The lowest BCUT2D eigenvalue weighted by molar-refractivity contribution is -0.172. The van der Waals surface area contributed by atoms with Crippen LogP contribution < -0.4 is 10.2 Å². The molecule has 2 N–H and O–H groups in total. The summed E-state index contributed by atoms with van der Waals surface area (Å²) in [6, 6.07) is 10.9. The van der Waals surface area contributed by atoms with Gasteiger partial charge in [-0.3, -0.25) is 0 Å². The zero-order valence-corrected chi connectivity index (χ0v) is 18.1. The number of nitrogens with one attached hydrogen (secondary N) is 1. The summed E-state index contributed by atoms with van der Waals surface area (Å²) in [6.07, 6.45) is 0. The van der Waals surface area contributed by atoms with E-state index in [0.29, 0.717) is 16.2 Å². The van der Waals surface area contributed by atoms with E-state index in [4.69, 9.17) is 0 Å². The number of alkyl halides is 4. The van der Waals surface area contributed by atoms with Crippen LogP contribution in [0.3, 0.4) is 0 Å². The summed E-state index contributed by atoms with van der Waals surface area (Å²) in [6.45, 7) is 0.931. The average Bonchev–Trinajstić information content (AvgIpc) is 2.99. The molecule has 1 fully saturated rings. The average molecular weight is 473 g/mol. The molecule has 0 unspecified atom stereocenters. The molecule has 2 heterocycles. The molecule has 11 heteroatoms. The van der Waals surface area contributed by atoms with E-state index in [2.05, 4.69) is 15.3 Å². The number of carboxylic acids is 1. The molecule has 176 valence electrons. The molecule has 4 rings (SSSR count). The number of aromatic carboxylic acids is 1. The summed E-state index contributed by atoms with van der Waals surface area (Å²) >= 11 is 0. The number of hydrogen-bond donors (Lipinski definition) is 2. The number of fused-ring (bicyclic) bond motifs is 1. The number of anilines is 2. The van der Waals surface area contributed by atoms with Crippen LogP contribution in [0.2, 0.25) is 0 Å². The monoisotopic (exact) mass is 473 g/mol. The van der Waals surface area contributed by atoms with Crippen molar-refractivity contribution in [2.75, 3.05) is 23.3 Å². The first-order valence-electron chi connectivity index (χ1n) is 10.3. The summed E-state index contributed by atoms with van der Waals surface area (Å²) in [5.41, 5.74) is 1.86. The van der Waals surface area contributed by atoms with E-state index in [9.17, 15) is 32.7 Å². The van der Waals surface area contributed by atoms with Crippen LogP contribution in [0.5, 0.6) is 0 Å². The van der Waals surface area contributed by atoms with E-state index >= 15 is 0 Å². The third-order valence-corrected chi connectivity index (χ3v) is 5.64. The molecule has 0 radical (unpaired) electrons. The van der Waals surface area contributed by atoms with Gasteiger partial charge in [0.25, 0.3) is 0 Å². The fourth-order valence-corrected chi connectivity index (χ4v) is 3.97. The molecule has 1 aliphatic rings. The number of carboxylic acid groups (broad SMARTS) is 1. The predicted octanol–water partition coefficient (Wildman–Crippen LogP) is 4.77. The number of nitriles is 1. The van der Waals surface area contributed by atoms with Gasteiger partial charge in [-0.25, -0.2) is 14.8 Å². The lowest BCUT2D eigenvalue weighted by Crippen LogP contribution is -2.38. The molecule has 0 spiro atoms. The van der Waals surface area contributed by atoms with E-state index in [1.807, 2.05) is 0 Å². The van der Waals surface area contributed by atoms with Crippen molar-refractivity contribution in [1.82, 2.24) is 9.97 Å². The lowest BCUT2D eigenvalue weighted by atomic mass is 10.0. The molecule has 3 aromatic rings. The minimum atomic E-state index is -4.28. The minimum absolute atomic E-state index is 0.0476. The normalized spacial score (nSPS) is 17.4. The van der Waals surface area contributed by atoms with Gasteiger partial charge in [0.15, 0.2) is 11.5 Å². The Morgan fingerprint density at radius 3 is 2.44 bits per heavy atom. The number of nitrogens with zero attached hydrogens (tertiary/aromatic N) is 4. The number of aryl methyl sites for hydroxylation is 1. The predicted molar refractivity (Wildman–Crippen MR) is 117 cm³/mol. The molecule has 0 amide bonds. The number of halogens is 4. The summed E-state index contributed by atoms with van der Waals surface area (Å²) < 4.78 is 55.3. The van der Waals surface area contributed by atoms with E-state index < -0.39 is 36.9 Å². The third kappa shape index (κ3) is 3.96. The Morgan fingerprint density at radius 1 is 1.18 bits per heavy atom. The zero-order chi connectivity index (χ0) is 24.8. The Hall–Kier alpha value is -3.94. The van der Waals surface area contributed by atoms with Gasteiger partial charge in [-0.2, -0.15) is 22.8 Å². The third-order valence-electron chi connectivity index (χ3n) is 5.64. The highest BCUT2D eigenvalue weighted by Gasteiger charge is 2.63.